The maximum absolute atomic E-state index is 13.5. The SMILES string of the molecule is COc1ccc(CN2CCC3(CCN(CCC(NC(=O)Cc4cccc(OC)c4)c4ccccc4)CC3)C2=O)cc1.Cl. The first-order valence-corrected chi connectivity index (χ1v) is 14.6. The number of carbonyl (C=O) groups is 2. The summed E-state index contributed by atoms with van der Waals surface area (Å²) in [6.07, 6.45) is 3.84. The van der Waals surface area contributed by atoms with Gasteiger partial charge >= 0.3 is 0 Å². The third kappa shape index (κ3) is 7.64. The van der Waals surface area contributed by atoms with Crippen molar-refractivity contribution in [2.45, 2.75) is 44.7 Å². The quantitative estimate of drug-likeness (QED) is 0.322. The molecule has 2 aliphatic heterocycles. The fourth-order valence-corrected chi connectivity index (χ4v) is 6.20. The average molecular weight is 592 g/mol. The molecule has 1 N–H and O–H groups in total. The van der Waals surface area contributed by atoms with Crippen LogP contribution in [0.15, 0.2) is 78.9 Å². The zero-order valence-corrected chi connectivity index (χ0v) is 25.4. The molecule has 2 amide bonds. The van der Waals surface area contributed by atoms with E-state index in [0.29, 0.717) is 18.9 Å². The Kier molecular flexibility index (Phi) is 10.9. The van der Waals surface area contributed by atoms with E-state index >= 15 is 0 Å². The number of halogens is 1. The van der Waals surface area contributed by atoms with Crippen molar-refractivity contribution in [1.82, 2.24) is 15.1 Å². The molecule has 0 radical (unpaired) electrons. The molecule has 1 spiro atoms. The summed E-state index contributed by atoms with van der Waals surface area (Å²) in [6.45, 7) is 4.16. The number of likely N-dealkylation sites (tertiary alicyclic amines) is 2. The summed E-state index contributed by atoms with van der Waals surface area (Å²) in [7, 11) is 3.30. The fourth-order valence-electron chi connectivity index (χ4n) is 6.20. The monoisotopic (exact) mass is 591 g/mol. The van der Waals surface area contributed by atoms with E-state index < -0.39 is 0 Å². The Balaban J connectivity index is 0.00000405. The number of nitrogens with one attached hydrogen (secondary N) is 1. The molecule has 0 bridgehead atoms. The maximum atomic E-state index is 13.5. The molecule has 5 rings (SSSR count). The number of carbonyl (C=O) groups excluding carboxylic acids is 2. The van der Waals surface area contributed by atoms with E-state index in [4.69, 9.17) is 9.47 Å². The molecule has 3 aromatic rings. The van der Waals surface area contributed by atoms with Crippen LogP contribution in [0.1, 0.15) is 48.4 Å². The molecule has 0 aliphatic carbocycles. The molecule has 1 atom stereocenters. The third-order valence-corrected chi connectivity index (χ3v) is 8.72. The molecular weight excluding hydrogens is 550 g/mol. The van der Waals surface area contributed by atoms with Gasteiger partial charge in [0.15, 0.2) is 0 Å². The predicted octanol–water partition coefficient (Wildman–Crippen LogP) is 5.43. The van der Waals surface area contributed by atoms with E-state index in [2.05, 4.69) is 22.3 Å². The minimum absolute atomic E-state index is 0. The Bertz CT molecular complexity index is 1310. The Labute approximate surface area is 255 Å². The van der Waals surface area contributed by atoms with Crippen LogP contribution in [0.2, 0.25) is 0 Å². The zero-order chi connectivity index (χ0) is 28.7. The molecule has 0 aromatic heterocycles. The topological polar surface area (TPSA) is 71.1 Å². The fraction of sp³-hybridized carbons (Fsp3) is 0.412. The van der Waals surface area contributed by atoms with Crippen LogP contribution in [0.3, 0.4) is 0 Å². The van der Waals surface area contributed by atoms with Gasteiger partial charge in [-0.15, -0.1) is 12.4 Å². The van der Waals surface area contributed by atoms with Crippen LogP contribution >= 0.6 is 12.4 Å². The zero-order valence-electron chi connectivity index (χ0n) is 24.6. The molecule has 2 aliphatic rings. The van der Waals surface area contributed by atoms with Gasteiger partial charge in [-0.05, 0) is 79.7 Å². The molecule has 2 fully saturated rings. The number of piperidine rings is 1. The second-order valence-corrected chi connectivity index (χ2v) is 11.3. The maximum Gasteiger partial charge on any atom is 0.229 e. The molecule has 1 unspecified atom stereocenters. The molecule has 2 heterocycles. The van der Waals surface area contributed by atoms with Crippen molar-refractivity contribution >= 4 is 24.2 Å². The van der Waals surface area contributed by atoms with Crippen LogP contribution in [0.5, 0.6) is 11.5 Å². The molecule has 0 saturated carbocycles. The van der Waals surface area contributed by atoms with Crippen molar-refractivity contribution in [2.24, 2.45) is 5.41 Å². The smallest absolute Gasteiger partial charge is 0.229 e. The normalized spacial score (nSPS) is 17.0. The number of nitrogens with zero attached hydrogens (tertiary/aromatic N) is 2. The molecule has 3 aromatic carbocycles. The standard InChI is InChI=1S/C34H41N3O4.ClH/c1-40-29-13-11-26(12-14-29)25-37-22-18-34(33(37)39)16-20-36(21-17-34)19-15-31(28-8-4-3-5-9-28)35-32(38)24-27-7-6-10-30(23-27)41-2;/h3-14,23,31H,15-22,24-25H2,1-2H3,(H,35,38);1H. The first-order chi connectivity index (χ1) is 20.0. The van der Waals surface area contributed by atoms with Gasteiger partial charge in [0.1, 0.15) is 11.5 Å². The van der Waals surface area contributed by atoms with Gasteiger partial charge in [-0.3, -0.25) is 9.59 Å². The number of benzene rings is 3. The largest absolute Gasteiger partial charge is 0.497 e. The second-order valence-electron chi connectivity index (χ2n) is 11.3. The lowest BCUT2D eigenvalue weighted by Gasteiger charge is -2.38. The van der Waals surface area contributed by atoms with Crippen LogP contribution in [-0.2, 0) is 22.6 Å². The Hall–Kier alpha value is -3.55. The van der Waals surface area contributed by atoms with Crippen LogP contribution < -0.4 is 14.8 Å². The van der Waals surface area contributed by atoms with E-state index in [1.807, 2.05) is 71.6 Å². The first kappa shape index (κ1) is 31.4. The van der Waals surface area contributed by atoms with Gasteiger partial charge in [0, 0.05) is 19.6 Å². The summed E-state index contributed by atoms with van der Waals surface area (Å²) in [6, 6.07) is 25.8. The summed E-state index contributed by atoms with van der Waals surface area (Å²) in [4.78, 5) is 31.0. The molecule has 224 valence electrons. The van der Waals surface area contributed by atoms with E-state index in [9.17, 15) is 9.59 Å². The van der Waals surface area contributed by atoms with Crippen LogP contribution in [0, 0.1) is 5.41 Å². The minimum Gasteiger partial charge on any atom is -0.497 e. The van der Waals surface area contributed by atoms with Crippen LogP contribution in [0.25, 0.3) is 0 Å². The van der Waals surface area contributed by atoms with Crippen molar-refractivity contribution in [3.63, 3.8) is 0 Å². The molecule has 7 nitrogen and oxygen atoms in total. The van der Waals surface area contributed by atoms with E-state index in [-0.39, 0.29) is 29.8 Å². The number of amides is 2. The molecular formula is C34H42ClN3O4. The van der Waals surface area contributed by atoms with Gasteiger partial charge in [-0.1, -0.05) is 54.6 Å². The summed E-state index contributed by atoms with van der Waals surface area (Å²) in [5, 5.41) is 3.28. The van der Waals surface area contributed by atoms with Gasteiger partial charge in [0.05, 0.1) is 32.1 Å². The highest BCUT2D eigenvalue weighted by Crippen LogP contribution is 2.42. The van der Waals surface area contributed by atoms with Gasteiger partial charge in [0.2, 0.25) is 11.8 Å². The predicted molar refractivity (Wildman–Crippen MR) is 167 cm³/mol. The van der Waals surface area contributed by atoms with E-state index in [0.717, 1.165) is 80.1 Å². The summed E-state index contributed by atoms with van der Waals surface area (Å²) < 4.78 is 10.6. The summed E-state index contributed by atoms with van der Waals surface area (Å²) in [5.74, 6) is 1.89. The number of ether oxygens (including phenoxy) is 2. The number of hydrogen-bond donors (Lipinski definition) is 1. The number of hydrogen-bond acceptors (Lipinski definition) is 5. The second kappa shape index (κ2) is 14.6. The van der Waals surface area contributed by atoms with Crippen molar-refractivity contribution in [1.29, 1.82) is 0 Å². The molecule has 2 saturated heterocycles. The van der Waals surface area contributed by atoms with E-state index in [1.54, 1.807) is 14.2 Å². The first-order valence-electron chi connectivity index (χ1n) is 14.6. The summed E-state index contributed by atoms with van der Waals surface area (Å²) >= 11 is 0. The molecule has 42 heavy (non-hydrogen) atoms. The highest BCUT2D eigenvalue weighted by atomic mass is 35.5. The number of rotatable bonds is 11. The van der Waals surface area contributed by atoms with Crippen LogP contribution in [0.4, 0.5) is 0 Å². The van der Waals surface area contributed by atoms with Crippen molar-refractivity contribution < 1.29 is 19.1 Å². The Morgan fingerprint density at radius 2 is 1.55 bits per heavy atom. The van der Waals surface area contributed by atoms with Crippen LogP contribution in [-0.4, -0.2) is 62.0 Å². The molecule has 8 heteroatoms. The third-order valence-electron chi connectivity index (χ3n) is 8.72. The highest BCUT2D eigenvalue weighted by molar-refractivity contribution is 5.85. The van der Waals surface area contributed by atoms with Crippen molar-refractivity contribution in [3.05, 3.63) is 95.6 Å². The lowest BCUT2D eigenvalue weighted by atomic mass is 9.77. The van der Waals surface area contributed by atoms with E-state index in [1.165, 1.54) is 0 Å². The number of methoxy groups -OCH3 is 2. The highest BCUT2D eigenvalue weighted by Gasteiger charge is 2.47. The lowest BCUT2D eigenvalue weighted by molar-refractivity contribution is -0.139. The Morgan fingerprint density at radius 1 is 0.857 bits per heavy atom. The van der Waals surface area contributed by atoms with Gasteiger partial charge in [-0.25, -0.2) is 0 Å². The van der Waals surface area contributed by atoms with Crippen molar-refractivity contribution in [2.75, 3.05) is 40.4 Å². The average Bonchev–Trinajstić information content (AvgIpc) is 3.30. The van der Waals surface area contributed by atoms with Gasteiger partial charge in [-0.2, -0.15) is 0 Å². The minimum atomic E-state index is -0.229. The Morgan fingerprint density at radius 3 is 2.24 bits per heavy atom. The summed E-state index contributed by atoms with van der Waals surface area (Å²) in [5.41, 5.74) is 2.94. The van der Waals surface area contributed by atoms with Crippen molar-refractivity contribution in [3.8, 4) is 11.5 Å². The van der Waals surface area contributed by atoms with Gasteiger partial charge in [0.25, 0.3) is 0 Å². The van der Waals surface area contributed by atoms with Gasteiger partial charge < -0.3 is 24.6 Å². The lowest BCUT2D eigenvalue weighted by Crippen LogP contribution is -2.45.